The maximum absolute atomic E-state index is 13.7. The molecule has 1 N–H and O–H groups in total. The van der Waals surface area contributed by atoms with Crippen LogP contribution >= 0.6 is 22.6 Å². The Labute approximate surface area is 129 Å². The first-order valence-electron chi connectivity index (χ1n) is 6.08. The Morgan fingerprint density at radius 2 is 1.90 bits per heavy atom. The Bertz CT molecular complexity index is 616. The van der Waals surface area contributed by atoms with Crippen molar-refractivity contribution >= 4 is 22.6 Å². The molecule has 0 spiro atoms. The first-order valence-corrected chi connectivity index (χ1v) is 7.16. The molecule has 20 heavy (non-hydrogen) atoms. The molecule has 2 rings (SSSR count). The predicted molar refractivity (Wildman–Crippen MR) is 81.0 cm³/mol. The van der Waals surface area contributed by atoms with Gasteiger partial charge in [-0.2, -0.15) is 0 Å². The lowest BCUT2D eigenvalue weighted by molar-refractivity contribution is 0.486. The third-order valence-corrected chi connectivity index (χ3v) is 4.08. The average molecular weight is 391 g/mol. The topological polar surface area (TPSA) is 12.0 Å². The molecule has 0 fully saturated rings. The molecule has 1 nitrogen and oxygen atoms in total. The van der Waals surface area contributed by atoms with Crippen LogP contribution in [0.2, 0.25) is 0 Å². The van der Waals surface area contributed by atoms with Gasteiger partial charge in [0.2, 0.25) is 0 Å². The largest absolute Gasteiger partial charge is 0.313 e. The number of likely N-dealkylation sites (N-methyl/N-ethyl adjacent to an activating group) is 1. The SMILES string of the molecule is CNC(Cc1cccc(F)c1F)c1ccc(F)cc1I. The Morgan fingerprint density at radius 3 is 2.55 bits per heavy atom. The van der Waals surface area contributed by atoms with Gasteiger partial charge in [-0.15, -0.1) is 0 Å². The molecule has 0 saturated carbocycles. The van der Waals surface area contributed by atoms with Crippen molar-refractivity contribution in [3.8, 4) is 0 Å². The standard InChI is InChI=1S/C15H13F3IN/c1-20-14(11-6-5-10(16)8-13(11)19)7-9-3-2-4-12(17)15(9)18/h2-6,8,14,20H,7H2,1H3. The lowest BCUT2D eigenvalue weighted by Gasteiger charge is -2.19. The highest BCUT2D eigenvalue weighted by molar-refractivity contribution is 14.1. The van der Waals surface area contributed by atoms with E-state index in [1.807, 2.05) is 22.6 Å². The Kier molecular flexibility index (Phi) is 5.04. The molecule has 0 aliphatic heterocycles. The van der Waals surface area contributed by atoms with Crippen LogP contribution in [0, 0.1) is 21.0 Å². The quantitative estimate of drug-likeness (QED) is 0.771. The van der Waals surface area contributed by atoms with Crippen molar-refractivity contribution in [3.63, 3.8) is 0 Å². The molecule has 0 saturated heterocycles. The Hall–Kier alpha value is -1.08. The lowest BCUT2D eigenvalue weighted by atomic mass is 9.98. The maximum Gasteiger partial charge on any atom is 0.162 e. The summed E-state index contributed by atoms with van der Waals surface area (Å²) in [4.78, 5) is 0. The summed E-state index contributed by atoms with van der Waals surface area (Å²) in [5, 5.41) is 3.06. The van der Waals surface area contributed by atoms with Crippen LogP contribution in [0.3, 0.4) is 0 Å². The van der Waals surface area contributed by atoms with Crippen molar-refractivity contribution in [3.05, 3.63) is 68.5 Å². The van der Waals surface area contributed by atoms with Crippen LogP contribution in [-0.2, 0) is 6.42 Å². The van der Waals surface area contributed by atoms with Gasteiger partial charge in [0.05, 0.1) is 0 Å². The first-order chi connectivity index (χ1) is 9.52. The number of hydrogen-bond acceptors (Lipinski definition) is 1. The summed E-state index contributed by atoms with van der Waals surface area (Å²) in [5.74, 6) is -2.00. The minimum absolute atomic E-state index is 0.209. The normalized spacial score (nSPS) is 12.4. The number of benzene rings is 2. The molecule has 5 heteroatoms. The second-order valence-electron chi connectivity index (χ2n) is 4.42. The van der Waals surface area contributed by atoms with E-state index in [2.05, 4.69) is 5.32 Å². The number of halogens is 4. The van der Waals surface area contributed by atoms with E-state index in [-0.39, 0.29) is 11.9 Å². The van der Waals surface area contributed by atoms with Crippen LogP contribution in [0.4, 0.5) is 13.2 Å². The van der Waals surface area contributed by atoms with E-state index in [1.165, 1.54) is 18.2 Å². The van der Waals surface area contributed by atoms with Crippen LogP contribution in [0.5, 0.6) is 0 Å². The zero-order valence-electron chi connectivity index (χ0n) is 10.8. The summed E-state index contributed by atoms with van der Waals surface area (Å²) in [6, 6.07) is 8.37. The number of nitrogens with one attached hydrogen (secondary N) is 1. The molecule has 0 radical (unpaired) electrons. The zero-order chi connectivity index (χ0) is 14.7. The molecular formula is C15H13F3IN. The fraction of sp³-hybridized carbons (Fsp3) is 0.200. The highest BCUT2D eigenvalue weighted by atomic mass is 127. The molecule has 0 heterocycles. The highest BCUT2D eigenvalue weighted by Crippen LogP contribution is 2.25. The molecule has 1 atom stereocenters. The van der Waals surface area contributed by atoms with Crippen molar-refractivity contribution in [2.24, 2.45) is 0 Å². The van der Waals surface area contributed by atoms with E-state index >= 15 is 0 Å². The van der Waals surface area contributed by atoms with E-state index in [9.17, 15) is 13.2 Å². The molecule has 1 unspecified atom stereocenters. The third kappa shape index (κ3) is 3.32. The summed E-state index contributed by atoms with van der Waals surface area (Å²) in [6.07, 6.45) is 0.293. The van der Waals surface area contributed by atoms with E-state index < -0.39 is 11.6 Å². The van der Waals surface area contributed by atoms with Crippen molar-refractivity contribution < 1.29 is 13.2 Å². The summed E-state index contributed by atoms with van der Waals surface area (Å²) >= 11 is 2.03. The third-order valence-electron chi connectivity index (χ3n) is 3.14. The molecule has 106 valence electrons. The Balaban J connectivity index is 2.31. The summed E-state index contributed by atoms with van der Waals surface area (Å²) in [7, 11) is 1.74. The second kappa shape index (κ2) is 6.58. The highest BCUT2D eigenvalue weighted by Gasteiger charge is 2.17. The Morgan fingerprint density at radius 1 is 1.15 bits per heavy atom. The summed E-state index contributed by atoms with van der Waals surface area (Å²) in [5.41, 5.74) is 1.16. The molecule has 0 bridgehead atoms. The van der Waals surface area contributed by atoms with Gasteiger partial charge in [0.25, 0.3) is 0 Å². The van der Waals surface area contributed by atoms with Crippen LogP contribution in [-0.4, -0.2) is 7.05 Å². The summed E-state index contributed by atoms with van der Waals surface area (Å²) in [6.45, 7) is 0. The minimum atomic E-state index is -0.855. The molecule has 0 amide bonds. The average Bonchev–Trinajstić information content (AvgIpc) is 2.41. The van der Waals surface area contributed by atoms with E-state index in [1.54, 1.807) is 19.2 Å². The number of rotatable bonds is 4. The van der Waals surface area contributed by atoms with Gasteiger partial charge in [0.15, 0.2) is 11.6 Å². The van der Waals surface area contributed by atoms with Crippen molar-refractivity contribution in [1.29, 1.82) is 0 Å². The first kappa shape index (κ1) is 15.3. The molecule has 2 aromatic carbocycles. The molecule has 0 aliphatic carbocycles. The molecule has 0 aliphatic rings. The van der Waals surface area contributed by atoms with E-state index in [4.69, 9.17) is 0 Å². The minimum Gasteiger partial charge on any atom is -0.313 e. The molecule has 2 aromatic rings. The van der Waals surface area contributed by atoms with Crippen LogP contribution in [0.15, 0.2) is 36.4 Å². The van der Waals surface area contributed by atoms with Gasteiger partial charge in [-0.3, -0.25) is 0 Å². The van der Waals surface area contributed by atoms with Crippen LogP contribution in [0.1, 0.15) is 17.2 Å². The van der Waals surface area contributed by atoms with Crippen molar-refractivity contribution in [2.75, 3.05) is 7.05 Å². The van der Waals surface area contributed by atoms with Gasteiger partial charge in [-0.1, -0.05) is 18.2 Å². The van der Waals surface area contributed by atoms with Gasteiger partial charge in [0, 0.05) is 9.61 Å². The molecular weight excluding hydrogens is 378 g/mol. The second-order valence-corrected chi connectivity index (χ2v) is 5.59. The van der Waals surface area contributed by atoms with Gasteiger partial charge in [0.1, 0.15) is 5.82 Å². The van der Waals surface area contributed by atoms with Gasteiger partial charge < -0.3 is 5.32 Å². The molecule has 0 aromatic heterocycles. The monoisotopic (exact) mass is 391 g/mol. The predicted octanol–water partition coefficient (Wildman–Crippen LogP) is 4.21. The zero-order valence-corrected chi connectivity index (χ0v) is 12.9. The number of hydrogen-bond donors (Lipinski definition) is 1. The fourth-order valence-electron chi connectivity index (χ4n) is 2.08. The van der Waals surface area contributed by atoms with Gasteiger partial charge in [-0.05, 0) is 65.4 Å². The van der Waals surface area contributed by atoms with Crippen molar-refractivity contribution in [2.45, 2.75) is 12.5 Å². The van der Waals surface area contributed by atoms with Crippen LogP contribution in [0.25, 0.3) is 0 Å². The summed E-state index contributed by atoms with van der Waals surface area (Å²) < 4.78 is 40.8. The van der Waals surface area contributed by atoms with E-state index in [0.717, 1.165) is 15.2 Å². The smallest absolute Gasteiger partial charge is 0.162 e. The van der Waals surface area contributed by atoms with Gasteiger partial charge >= 0.3 is 0 Å². The van der Waals surface area contributed by atoms with Crippen molar-refractivity contribution in [1.82, 2.24) is 5.32 Å². The maximum atomic E-state index is 13.7. The fourth-order valence-corrected chi connectivity index (χ4v) is 2.93. The lowest BCUT2D eigenvalue weighted by Crippen LogP contribution is -2.20. The van der Waals surface area contributed by atoms with E-state index in [0.29, 0.717) is 12.0 Å². The van der Waals surface area contributed by atoms with Gasteiger partial charge in [-0.25, -0.2) is 13.2 Å². The van der Waals surface area contributed by atoms with Crippen LogP contribution < -0.4 is 5.32 Å².